The number of halogens is 1. The van der Waals surface area contributed by atoms with E-state index in [1.807, 2.05) is 6.07 Å². The van der Waals surface area contributed by atoms with Gasteiger partial charge in [-0.25, -0.2) is 4.39 Å². The maximum Gasteiger partial charge on any atom is 0.127 e. The minimum atomic E-state index is -0.918. The van der Waals surface area contributed by atoms with Crippen LogP contribution < -0.4 is 0 Å². The molecule has 2 atom stereocenters. The van der Waals surface area contributed by atoms with Crippen molar-refractivity contribution in [1.82, 2.24) is 0 Å². The fraction of sp³-hybridized carbons (Fsp3) is 0.462. The van der Waals surface area contributed by atoms with E-state index in [0.29, 0.717) is 12.0 Å². The first kappa shape index (κ1) is 18.2. The van der Waals surface area contributed by atoms with Gasteiger partial charge in [0.2, 0.25) is 0 Å². The van der Waals surface area contributed by atoms with Crippen LogP contribution in [0.15, 0.2) is 24.3 Å². The van der Waals surface area contributed by atoms with Crippen LogP contribution in [0.2, 0.25) is 0 Å². The second-order valence-corrected chi connectivity index (χ2v) is 3.90. The molecule has 0 aromatic heterocycles. The molecule has 0 heterocycles. The summed E-state index contributed by atoms with van der Waals surface area (Å²) in [6, 6.07) is 8.17. The van der Waals surface area contributed by atoms with Gasteiger partial charge < -0.3 is 14.9 Å². The van der Waals surface area contributed by atoms with E-state index in [4.69, 9.17) is 20.2 Å². The van der Waals surface area contributed by atoms with Crippen molar-refractivity contribution in [2.75, 3.05) is 19.8 Å². The van der Waals surface area contributed by atoms with Gasteiger partial charge in [-0.05, 0) is 12.5 Å². The molecule has 0 radical (unpaired) electrons. The Morgan fingerprint density at radius 1 is 1.37 bits per heavy atom. The molecule has 1 rings (SSSR count). The molecule has 0 amide bonds. The third kappa shape index (κ3) is 6.23. The van der Waals surface area contributed by atoms with Gasteiger partial charge in [-0.3, -0.25) is 0 Å². The van der Waals surface area contributed by atoms with Gasteiger partial charge in [0.05, 0.1) is 25.2 Å². The molecule has 0 aliphatic carbocycles. The maximum absolute atomic E-state index is 13.5. The summed E-state index contributed by atoms with van der Waals surface area (Å²) < 4.78 is 18.6. The maximum atomic E-state index is 13.5. The first-order valence-corrected chi connectivity index (χ1v) is 5.69. The fourth-order valence-electron chi connectivity index (χ4n) is 1.52. The number of aliphatic hydroxyl groups excluding tert-OH is 2. The summed E-state index contributed by atoms with van der Waals surface area (Å²) in [6.45, 7) is -0.134. The van der Waals surface area contributed by atoms with Gasteiger partial charge in [-0.15, -0.1) is 0 Å². The first-order chi connectivity index (χ1) is 8.69. The molecule has 19 heavy (non-hydrogen) atoms. The van der Waals surface area contributed by atoms with Crippen molar-refractivity contribution in [2.45, 2.75) is 18.4 Å². The van der Waals surface area contributed by atoms with Gasteiger partial charge in [0.1, 0.15) is 11.9 Å². The molecule has 0 aliphatic heterocycles. The van der Waals surface area contributed by atoms with Crippen LogP contribution in [0, 0.1) is 17.1 Å². The average molecular weight is 444 g/mol. The van der Waals surface area contributed by atoms with E-state index >= 15 is 0 Å². The quantitative estimate of drug-likeness (QED) is 0.621. The summed E-state index contributed by atoms with van der Waals surface area (Å²) in [5, 5.41) is 26.6. The molecule has 2 unspecified atom stereocenters. The zero-order chi connectivity index (χ0) is 13.4. The first-order valence-electron chi connectivity index (χ1n) is 5.69. The summed E-state index contributed by atoms with van der Waals surface area (Å²) in [7, 11) is 0. The zero-order valence-electron chi connectivity index (χ0n) is 10.3. The summed E-state index contributed by atoms with van der Waals surface area (Å²) >= 11 is 0. The number of ether oxygens (including phenoxy) is 1. The molecule has 2 N–H and O–H groups in total. The second-order valence-electron chi connectivity index (χ2n) is 3.90. The molecule has 0 spiro atoms. The van der Waals surface area contributed by atoms with Gasteiger partial charge in [0.25, 0.3) is 0 Å². The van der Waals surface area contributed by atoms with Crippen molar-refractivity contribution in [3.63, 3.8) is 0 Å². The van der Waals surface area contributed by atoms with Crippen molar-refractivity contribution in [2.24, 2.45) is 0 Å². The Balaban J connectivity index is 0.00000324. The van der Waals surface area contributed by atoms with Crippen molar-refractivity contribution in [1.29, 1.82) is 5.26 Å². The molecule has 0 fully saturated rings. The topological polar surface area (TPSA) is 73.5 Å². The van der Waals surface area contributed by atoms with E-state index in [1.165, 1.54) is 6.07 Å². The molecular weight excluding hydrogens is 427 g/mol. The molecule has 0 saturated heterocycles. The molecule has 1 aromatic rings. The van der Waals surface area contributed by atoms with Crippen molar-refractivity contribution in [3.05, 3.63) is 35.6 Å². The van der Waals surface area contributed by atoms with E-state index in [9.17, 15) is 4.39 Å². The smallest absolute Gasteiger partial charge is 0.127 e. The SMILES string of the molecule is N#CC(CCOCC(O)CO)c1ccccc1F.[Os]. The molecule has 0 aliphatic rings. The van der Waals surface area contributed by atoms with Crippen LogP contribution in [0.5, 0.6) is 0 Å². The summed E-state index contributed by atoms with van der Waals surface area (Å²) in [5.74, 6) is -0.975. The monoisotopic (exact) mass is 445 g/mol. The third-order valence-corrected chi connectivity index (χ3v) is 2.51. The fourth-order valence-corrected chi connectivity index (χ4v) is 1.52. The number of nitrogens with zero attached hydrogens (tertiary/aromatic N) is 1. The molecule has 4 nitrogen and oxygen atoms in total. The van der Waals surface area contributed by atoms with E-state index in [0.717, 1.165) is 0 Å². The standard InChI is InChI=1S/C13H16FNO3.Os/c14-13-4-2-1-3-12(13)10(7-15)5-6-18-9-11(17)8-16;/h1-4,10-11,16-17H,5-6,8-9H2;. The number of hydrogen-bond acceptors (Lipinski definition) is 4. The van der Waals surface area contributed by atoms with Crippen molar-refractivity contribution in [3.8, 4) is 6.07 Å². The van der Waals surface area contributed by atoms with Gasteiger partial charge in [-0.2, -0.15) is 5.26 Å². The minimum Gasteiger partial charge on any atom is -0.394 e. The number of nitriles is 1. The van der Waals surface area contributed by atoms with Gasteiger partial charge >= 0.3 is 0 Å². The molecule has 6 heteroatoms. The van der Waals surface area contributed by atoms with E-state index in [1.54, 1.807) is 18.2 Å². The van der Waals surface area contributed by atoms with Gasteiger partial charge in [0.15, 0.2) is 0 Å². The number of rotatable bonds is 7. The second kappa shape index (κ2) is 10.0. The normalized spacial score (nSPS) is 13.2. The predicted octanol–water partition coefficient (Wildman–Crippen LogP) is 1.19. The van der Waals surface area contributed by atoms with Crippen LogP contribution in [-0.4, -0.2) is 36.1 Å². The Morgan fingerprint density at radius 2 is 2.05 bits per heavy atom. The zero-order valence-corrected chi connectivity index (χ0v) is 12.8. The van der Waals surface area contributed by atoms with Crippen molar-refractivity contribution >= 4 is 0 Å². The van der Waals surface area contributed by atoms with Crippen LogP contribution in [-0.2, 0) is 24.5 Å². The van der Waals surface area contributed by atoms with Crippen LogP contribution in [0.25, 0.3) is 0 Å². The van der Waals surface area contributed by atoms with Gasteiger partial charge in [-0.1, -0.05) is 18.2 Å². The molecule has 106 valence electrons. The Bertz CT molecular complexity index is 411. The number of hydrogen-bond donors (Lipinski definition) is 2. The largest absolute Gasteiger partial charge is 0.394 e. The predicted molar refractivity (Wildman–Crippen MR) is 63.3 cm³/mol. The van der Waals surface area contributed by atoms with Crippen LogP contribution in [0.1, 0.15) is 17.9 Å². The van der Waals surface area contributed by atoms with E-state index < -0.39 is 17.8 Å². The third-order valence-electron chi connectivity index (χ3n) is 2.51. The molecular formula is C13H16FNO3Os. The van der Waals surface area contributed by atoms with E-state index in [2.05, 4.69) is 0 Å². The van der Waals surface area contributed by atoms with E-state index in [-0.39, 0.29) is 39.6 Å². The Morgan fingerprint density at radius 3 is 2.63 bits per heavy atom. The molecule has 0 bridgehead atoms. The number of aliphatic hydroxyl groups is 2. The average Bonchev–Trinajstić information content (AvgIpc) is 2.40. The van der Waals surface area contributed by atoms with Crippen LogP contribution in [0.3, 0.4) is 0 Å². The summed E-state index contributed by atoms with van der Waals surface area (Å²) in [5.41, 5.74) is 0.353. The Hall–Kier alpha value is -0.844. The van der Waals surface area contributed by atoms with Crippen molar-refractivity contribution < 1.29 is 39.1 Å². The van der Waals surface area contributed by atoms with Crippen LogP contribution in [0.4, 0.5) is 4.39 Å². The molecule has 1 aromatic carbocycles. The Labute approximate surface area is 124 Å². The summed E-state index contributed by atoms with van der Waals surface area (Å²) in [6.07, 6.45) is -0.575. The number of benzene rings is 1. The Kier molecular flexibility index (Phi) is 9.56. The van der Waals surface area contributed by atoms with Gasteiger partial charge in [0, 0.05) is 32.0 Å². The van der Waals surface area contributed by atoms with Crippen LogP contribution >= 0.6 is 0 Å². The summed E-state index contributed by atoms with van der Waals surface area (Å²) in [4.78, 5) is 0. The molecule has 0 saturated carbocycles. The minimum absolute atomic E-state index is 0.